The minimum Gasteiger partial charge on any atom is -0.350 e. The van der Waals surface area contributed by atoms with Gasteiger partial charge in [0.05, 0.1) is 11.3 Å². The Hall–Kier alpha value is -3.43. The number of amides is 2. The molecule has 0 unspecified atom stereocenters. The monoisotopic (exact) mass is 531 g/mol. The maximum atomic E-state index is 12.9. The van der Waals surface area contributed by atoms with E-state index in [1.165, 1.54) is 23.9 Å². The van der Waals surface area contributed by atoms with E-state index < -0.39 is 17.6 Å². The Balaban J connectivity index is 1.38. The lowest BCUT2D eigenvalue weighted by Crippen LogP contribution is -2.27. The van der Waals surface area contributed by atoms with Crippen LogP contribution in [-0.4, -0.2) is 28.7 Å². The topological polar surface area (TPSA) is 63.1 Å². The molecule has 2 N–H and O–H groups in total. The van der Waals surface area contributed by atoms with Crippen LogP contribution < -0.4 is 10.6 Å². The maximum absolute atomic E-state index is 12.9. The summed E-state index contributed by atoms with van der Waals surface area (Å²) >= 11 is 7.34. The van der Waals surface area contributed by atoms with Crippen LogP contribution in [0, 0.1) is 0 Å². The minimum atomic E-state index is -4.51. The van der Waals surface area contributed by atoms with Gasteiger partial charge in [0.15, 0.2) is 0 Å². The highest BCUT2D eigenvalue weighted by Crippen LogP contribution is 2.31. The van der Waals surface area contributed by atoms with Crippen molar-refractivity contribution in [3.8, 4) is 0 Å². The third-order valence-electron chi connectivity index (χ3n) is 5.31. The number of anilines is 1. The molecule has 1 aromatic heterocycles. The van der Waals surface area contributed by atoms with Gasteiger partial charge < -0.3 is 15.2 Å². The molecule has 0 atom stereocenters. The van der Waals surface area contributed by atoms with Crippen LogP contribution in [-0.2, 0) is 17.5 Å². The highest BCUT2D eigenvalue weighted by molar-refractivity contribution is 8.00. The first-order chi connectivity index (χ1) is 17.2. The van der Waals surface area contributed by atoms with Crippen LogP contribution >= 0.6 is 23.4 Å². The minimum absolute atomic E-state index is 0.0517. The lowest BCUT2D eigenvalue weighted by molar-refractivity contribution is -0.137. The summed E-state index contributed by atoms with van der Waals surface area (Å²) in [5.41, 5.74) is 0.618. The number of hydrogen-bond acceptors (Lipinski definition) is 3. The van der Waals surface area contributed by atoms with Gasteiger partial charge in [-0.1, -0.05) is 41.9 Å². The number of nitrogens with zero attached hydrogens (tertiary/aromatic N) is 1. The number of para-hydroxylation sites is 1. The average Bonchev–Trinajstić information content (AvgIpc) is 3.20. The van der Waals surface area contributed by atoms with Crippen LogP contribution in [0.5, 0.6) is 0 Å². The normalized spacial score (nSPS) is 11.4. The van der Waals surface area contributed by atoms with Gasteiger partial charge in [-0.2, -0.15) is 13.2 Å². The SMILES string of the molecule is O=C(CSc1cn(CCNC(=O)c2cccc(C(F)(F)F)c2)c2ccccc12)Nc1cccc(Cl)c1. The van der Waals surface area contributed by atoms with E-state index in [-0.39, 0.29) is 23.8 Å². The largest absolute Gasteiger partial charge is 0.416 e. The summed E-state index contributed by atoms with van der Waals surface area (Å²) < 4.78 is 40.7. The van der Waals surface area contributed by atoms with E-state index in [9.17, 15) is 22.8 Å². The maximum Gasteiger partial charge on any atom is 0.416 e. The van der Waals surface area contributed by atoms with Crippen LogP contribution in [0.4, 0.5) is 18.9 Å². The molecule has 5 nitrogen and oxygen atoms in total. The van der Waals surface area contributed by atoms with Crippen molar-refractivity contribution in [2.45, 2.75) is 17.6 Å². The molecule has 0 fully saturated rings. The highest BCUT2D eigenvalue weighted by atomic mass is 35.5. The second-order valence-corrected chi connectivity index (χ2v) is 9.34. The van der Waals surface area contributed by atoms with Crippen molar-refractivity contribution >= 4 is 51.8 Å². The van der Waals surface area contributed by atoms with Crippen molar-refractivity contribution in [1.29, 1.82) is 0 Å². The number of benzene rings is 3. The second kappa shape index (κ2) is 11.1. The standard InChI is InChI=1S/C26H21ClF3N3O2S/c27-19-7-4-8-20(14-19)32-24(34)16-36-23-15-33(22-10-2-1-9-21(22)23)12-11-31-25(35)17-5-3-6-18(13-17)26(28,29)30/h1-10,13-15H,11-12,16H2,(H,31,35)(H,32,34). The predicted molar refractivity (Wildman–Crippen MR) is 137 cm³/mol. The molecule has 4 aromatic rings. The van der Waals surface area contributed by atoms with Crippen LogP contribution in [0.2, 0.25) is 5.02 Å². The van der Waals surface area contributed by atoms with Crippen LogP contribution in [0.15, 0.2) is 83.9 Å². The number of rotatable bonds is 8. The van der Waals surface area contributed by atoms with Gasteiger partial charge in [0.25, 0.3) is 5.91 Å². The molecular formula is C26H21ClF3N3O2S. The van der Waals surface area contributed by atoms with Gasteiger partial charge in [-0.15, -0.1) is 11.8 Å². The van der Waals surface area contributed by atoms with Crippen molar-refractivity contribution < 1.29 is 22.8 Å². The van der Waals surface area contributed by atoms with Crippen molar-refractivity contribution in [3.05, 3.63) is 95.1 Å². The molecule has 3 aromatic carbocycles. The number of nitrogens with one attached hydrogen (secondary N) is 2. The van der Waals surface area contributed by atoms with Crippen molar-refractivity contribution in [3.63, 3.8) is 0 Å². The predicted octanol–water partition coefficient (Wildman–Crippen LogP) is 6.47. The molecule has 0 aliphatic heterocycles. The van der Waals surface area contributed by atoms with E-state index in [2.05, 4.69) is 10.6 Å². The van der Waals surface area contributed by atoms with E-state index in [1.54, 1.807) is 24.3 Å². The number of carbonyl (C=O) groups excluding carboxylic acids is 2. The number of hydrogen-bond donors (Lipinski definition) is 2. The van der Waals surface area contributed by atoms with E-state index in [0.717, 1.165) is 27.9 Å². The zero-order valence-electron chi connectivity index (χ0n) is 18.8. The zero-order valence-corrected chi connectivity index (χ0v) is 20.4. The third-order valence-corrected chi connectivity index (χ3v) is 6.59. The first-order valence-electron chi connectivity index (χ1n) is 10.9. The fourth-order valence-electron chi connectivity index (χ4n) is 3.65. The van der Waals surface area contributed by atoms with Crippen LogP contribution in [0.1, 0.15) is 15.9 Å². The first-order valence-corrected chi connectivity index (χ1v) is 12.3. The fourth-order valence-corrected chi connectivity index (χ4v) is 4.73. The van der Waals surface area contributed by atoms with Crippen LogP contribution in [0.25, 0.3) is 10.9 Å². The van der Waals surface area contributed by atoms with Gasteiger partial charge in [-0.05, 0) is 42.5 Å². The molecule has 2 amide bonds. The van der Waals surface area contributed by atoms with Gasteiger partial charge in [0.2, 0.25) is 5.91 Å². The molecule has 10 heteroatoms. The van der Waals surface area contributed by atoms with E-state index in [0.29, 0.717) is 17.3 Å². The zero-order chi connectivity index (χ0) is 25.7. The van der Waals surface area contributed by atoms with Crippen LogP contribution in [0.3, 0.4) is 0 Å². The van der Waals surface area contributed by atoms with Gasteiger partial charge in [-0.25, -0.2) is 0 Å². The lowest BCUT2D eigenvalue weighted by atomic mass is 10.1. The number of thioether (sulfide) groups is 1. The lowest BCUT2D eigenvalue weighted by Gasteiger charge is -2.10. The number of aromatic nitrogens is 1. The van der Waals surface area contributed by atoms with Gasteiger partial charge >= 0.3 is 6.18 Å². The Morgan fingerprint density at radius 2 is 1.75 bits per heavy atom. The molecule has 0 aliphatic rings. The molecule has 0 aliphatic carbocycles. The highest BCUT2D eigenvalue weighted by Gasteiger charge is 2.30. The van der Waals surface area contributed by atoms with Crippen molar-refractivity contribution in [1.82, 2.24) is 9.88 Å². The van der Waals surface area contributed by atoms with E-state index in [1.807, 2.05) is 35.0 Å². The summed E-state index contributed by atoms with van der Waals surface area (Å²) in [5.74, 6) is -0.565. The molecule has 1 heterocycles. The number of halogens is 4. The average molecular weight is 532 g/mol. The Labute approximate surface area is 214 Å². The second-order valence-electron chi connectivity index (χ2n) is 7.89. The fraction of sp³-hybridized carbons (Fsp3) is 0.154. The summed E-state index contributed by atoms with van der Waals surface area (Å²) in [5, 5.41) is 6.98. The van der Waals surface area contributed by atoms with Crippen molar-refractivity contribution in [2.24, 2.45) is 0 Å². The van der Waals surface area contributed by atoms with Gasteiger partial charge in [-0.3, -0.25) is 9.59 Å². The summed E-state index contributed by atoms with van der Waals surface area (Å²) in [6.07, 6.45) is -2.61. The van der Waals surface area contributed by atoms with Gasteiger partial charge in [0.1, 0.15) is 0 Å². The summed E-state index contributed by atoms with van der Waals surface area (Å²) in [4.78, 5) is 25.7. The smallest absolute Gasteiger partial charge is 0.350 e. The summed E-state index contributed by atoms with van der Waals surface area (Å²) in [7, 11) is 0. The molecule has 0 saturated heterocycles. The molecule has 0 spiro atoms. The Bertz CT molecular complexity index is 1400. The quantitative estimate of drug-likeness (QED) is 0.256. The van der Waals surface area contributed by atoms with E-state index >= 15 is 0 Å². The van der Waals surface area contributed by atoms with Gasteiger partial charge in [0, 0.05) is 51.4 Å². The summed E-state index contributed by atoms with van der Waals surface area (Å²) in [6, 6.07) is 18.9. The summed E-state index contributed by atoms with van der Waals surface area (Å²) in [6.45, 7) is 0.619. The molecular weight excluding hydrogens is 511 g/mol. The Kier molecular flexibility index (Phi) is 7.91. The molecule has 0 bridgehead atoms. The molecule has 186 valence electrons. The Morgan fingerprint density at radius 3 is 2.53 bits per heavy atom. The first kappa shape index (κ1) is 25.7. The van der Waals surface area contributed by atoms with E-state index in [4.69, 9.17) is 11.6 Å². The number of fused-ring (bicyclic) bond motifs is 1. The molecule has 36 heavy (non-hydrogen) atoms. The third kappa shape index (κ3) is 6.41. The molecule has 0 radical (unpaired) electrons. The number of alkyl halides is 3. The Morgan fingerprint density at radius 1 is 0.972 bits per heavy atom. The number of carbonyl (C=O) groups is 2. The molecule has 0 saturated carbocycles. The molecule has 4 rings (SSSR count). The van der Waals surface area contributed by atoms with Crippen molar-refractivity contribution in [2.75, 3.05) is 17.6 Å².